The summed E-state index contributed by atoms with van der Waals surface area (Å²) in [4.78, 5) is 12.4. The number of hydrazone groups is 1. The molecule has 0 fully saturated rings. The van der Waals surface area contributed by atoms with E-state index in [2.05, 4.69) is 24.4 Å². The number of hydrogen-bond acceptors (Lipinski definition) is 4. The highest BCUT2D eigenvalue weighted by molar-refractivity contribution is 7.92. The topological polar surface area (TPSA) is 78.8 Å². The molecular weight excluding hydrogens is 445 g/mol. The third-order valence-corrected chi connectivity index (χ3v) is 6.17. The van der Waals surface area contributed by atoms with Gasteiger partial charge in [0.05, 0.1) is 17.0 Å². The zero-order chi connectivity index (χ0) is 22.5. The standard InChI is InChI=1S/C21H25Cl2N3O3S/c1-15(13-21(2,3)16-8-6-5-7-9-16)24-25-20(27)14-26(30(4,28)29)19-12-17(22)10-11-18(19)23/h5-12H,13-14H2,1-4H3,(H,25,27)/b24-15-. The average Bonchev–Trinajstić information content (AvgIpc) is 2.66. The Morgan fingerprint density at radius 2 is 1.77 bits per heavy atom. The van der Waals surface area contributed by atoms with Gasteiger partial charge in [-0.25, -0.2) is 13.8 Å². The maximum atomic E-state index is 12.4. The molecule has 0 atom stereocenters. The molecule has 0 unspecified atom stereocenters. The lowest BCUT2D eigenvalue weighted by atomic mass is 9.80. The van der Waals surface area contributed by atoms with Crippen molar-refractivity contribution in [1.29, 1.82) is 0 Å². The molecule has 0 spiro atoms. The summed E-state index contributed by atoms with van der Waals surface area (Å²) in [5, 5.41) is 4.61. The van der Waals surface area contributed by atoms with Gasteiger partial charge >= 0.3 is 0 Å². The summed E-state index contributed by atoms with van der Waals surface area (Å²) in [6, 6.07) is 14.4. The van der Waals surface area contributed by atoms with Crippen molar-refractivity contribution in [3.8, 4) is 0 Å². The van der Waals surface area contributed by atoms with E-state index in [-0.39, 0.29) is 16.1 Å². The maximum absolute atomic E-state index is 12.4. The molecule has 6 nitrogen and oxygen atoms in total. The Morgan fingerprint density at radius 3 is 2.37 bits per heavy atom. The summed E-state index contributed by atoms with van der Waals surface area (Å²) >= 11 is 12.1. The van der Waals surface area contributed by atoms with Gasteiger partial charge in [0.25, 0.3) is 5.91 Å². The fraction of sp³-hybridized carbons (Fsp3) is 0.333. The molecule has 0 aliphatic carbocycles. The molecule has 9 heteroatoms. The number of hydrogen-bond donors (Lipinski definition) is 1. The molecule has 0 aliphatic rings. The third kappa shape index (κ3) is 6.72. The maximum Gasteiger partial charge on any atom is 0.260 e. The number of rotatable bonds is 8. The molecule has 0 bridgehead atoms. The fourth-order valence-corrected chi connectivity index (χ4v) is 4.35. The van der Waals surface area contributed by atoms with E-state index >= 15 is 0 Å². The van der Waals surface area contributed by atoms with Crippen molar-refractivity contribution in [2.24, 2.45) is 5.10 Å². The SMILES string of the molecule is C/C(CC(C)(C)c1ccccc1)=N/NC(=O)CN(c1cc(Cl)ccc1Cl)S(C)(=O)=O. The van der Waals surface area contributed by atoms with E-state index in [1.165, 1.54) is 18.2 Å². The average molecular weight is 470 g/mol. The van der Waals surface area contributed by atoms with E-state index in [4.69, 9.17) is 23.2 Å². The van der Waals surface area contributed by atoms with Crippen molar-refractivity contribution >= 4 is 50.5 Å². The van der Waals surface area contributed by atoms with E-state index in [9.17, 15) is 13.2 Å². The third-order valence-electron chi connectivity index (χ3n) is 4.49. The van der Waals surface area contributed by atoms with Crippen molar-refractivity contribution in [1.82, 2.24) is 5.43 Å². The van der Waals surface area contributed by atoms with E-state index in [0.29, 0.717) is 17.2 Å². The summed E-state index contributed by atoms with van der Waals surface area (Å²) in [6.45, 7) is 5.52. The summed E-state index contributed by atoms with van der Waals surface area (Å²) in [5.41, 5.74) is 4.26. The lowest BCUT2D eigenvalue weighted by Crippen LogP contribution is -2.39. The van der Waals surface area contributed by atoms with Gasteiger partial charge in [0.15, 0.2) is 0 Å². The van der Waals surface area contributed by atoms with Crippen LogP contribution in [0.15, 0.2) is 53.6 Å². The van der Waals surface area contributed by atoms with Crippen molar-refractivity contribution in [2.45, 2.75) is 32.6 Å². The van der Waals surface area contributed by atoms with Crippen molar-refractivity contribution in [3.05, 3.63) is 64.1 Å². The minimum Gasteiger partial charge on any atom is -0.271 e. The van der Waals surface area contributed by atoms with Crippen LogP contribution < -0.4 is 9.73 Å². The number of anilines is 1. The largest absolute Gasteiger partial charge is 0.271 e. The first kappa shape index (κ1) is 24.2. The van der Waals surface area contributed by atoms with Crippen LogP contribution in [0.2, 0.25) is 10.0 Å². The van der Waals surface area contributed by atoms with Crippen LogP contribution in [-0.2, 0) is 20.2 Å². The first-order valence-electron chi connectivity index (χ1n) is 9.20. The van der Waals surface area contributed by atoms with Crippen molar-refractivity contribution < 1.29 is 13.2 Å². The quantitative estimate of drug-likeness (QED) is 0.452. The second kappa shape index (κ2) is 9.81. The van der Waals surface area contributed by atoms with E-state index in [1.54, 1.807) is 0 Å². The van der Waals surface area contributed by atoms with Crippen LogP contribution in [0.5, 0.6) is 0 Å². The number of carbonyl (C=O) groups excluding carboxylic acids is 1. The van der Waals surface area contributed by atoms with Crippen molar-refractivity contribution in [3.63, 3.8) is 0 Å². The molecule has 2 aromatic carbocycles. The van der Waals surface area contributed by atoms with E-state index in [0.717, 1.165) is 16.1 Å². The second-order valence-corrected chi connectivity index (χ2v) is 10.4. The van der Waals surface area contributed by atoms with Crippen LogP contribution in [0.1, 0.15) is 32.8 Å². The predicted molar refractivity (Wildman–Crippen MR) is 124 cm³/mol. The van der Waals surface area contributed by atoms with Gasteiger partial charge in [-0.3, -0.25) is 9.10 Å². The van der Waals surface area contributed by atoms with Crippen LogP contribution >= 0.6 is 23.2 Å². The highest BCUT2D eigenvalue weighted by atomic mass is 35.5. The lowest BCUT2D eigenvalue weighted by molar-refractivity contribution is -0.119. The zero-order valence-corrected chi connectivity index (χ0v) is 19.6. The highest BCUT2D eigenvalue weighted by Crippen LogP contribution is 2.30. The number of halogens is 2. The van der Waals surface area contributed by atoms with Gasteiger partial charge in [0.1, 0.15) is 6.54 Å². The molecule has 162 valence electrons. The minimum atomic E-state index is -3.77. The minimum absolute atomic E-state index is 0.132. The van der Waals surface area contributed by atoms with Gasteiger partial charge in [-0.2, -0.15) is 5.10 Å². The molecule has 1 amide bonds. The predicted octanol–water partition coefficient (Wildman–Crippen LogP) is 4.62. The molecular formula is C21H25Cl2N3O3S. The van der Waals surface area contributed by atoms with Gasteiger partial charge in [-0.1, -0.05) is 67.4 Å². The first-order valence-corrected chi connectivity index (χ1v) is 11.8. The lowest BCUT2D eigenvalue weighted by Gasteiger charge is -2.25. The normalized spacial score (nSPS) is 12.5. The second-order valence-electron chi connectivity index (χ2n) is 7.67. The van der Waals surface area contributed by atoms with Crippen LogP contribution in [-0.4, -0.2) is 32.8 Å². The number of carbonyl (C=O) groups is 1. The fourth-order valence-electron chi connectivity index (χ4n) is 3.05. The summed E-state index contributed by atoms with van der Waals surface area (Å²) in [7, 11) is -3.77. The number of benzene rings is 2. The van der Waals surface area contributed by atoms with Gasteiger partial charge in [-0.05, 0) is 42.5 Å². The van der Waals surface area contributed by atoms with E-state index in [1.807, 2.05) is 37.3 Å². The molecule has 0 aromatic heterocycles. The zero-order valence-electron chi connectivity index (χ0n) is 17.3. The van der Waals surface area contributed by atoms with Gasteiger partial charge in [0, 0.05) is 10.7 Å². The van der Waals surface area contributed by atoms with E-state index < -0.39 is 22.5 Å². The molecule has 2 aromatic rings. The van der Waals surface area contributed by atoms with Crippen LogP contribution in [0, 0.1) is 0 Å². The Bertz CT molecular complexity index is 1040. The Hall–Kier alpha value is -2.09. The molecule has 0 heterocycles. The summed E-state index contributed by atoms with van der Waals surface area (Å²) < 4.78 is 25.3. The molecule has 0 aliphatic heterocycles. The number of amides is 1. The van der Waals surface area contributed by atoms with Gasteiger partial charge < -0.3 is 0 Å². The molecule has 0 saturated carbocycles. The van der Waals surface area contributed by atoms with Gasteiger partial charge in [-0.15, -0.1) is 0 Å². The molecule has 30 heavy (non-hydrogen) atoms. The molecule has 0 saturated heterocycles. The van der Waals surface area contributed by atoms with Crippen LogP contribution in [0.3, 0.4) is 0 Å². The highest BCUT2D eigenvalue weighted by Gasteiger charge is 2.24. The summed E-state index contributed by atoms with van der Waals surface area (Å²) in [5.74, 6) is -0.590. The van der Waals surface area contributed by atoms with Crippen LogP contribution in [0.4, 0.5) is 5.69 Å². The Balaban J connectivity index is 2.11. The summed E-state index contributed by atoms with van der Waals surface area (Å²) in [6.07, 6.45) is 1.61. The first-order chi connectivity index (χ1) is 13.9. The smallest absolute Gasteiger partial charge is 0.260 e. The number of nitrogens with zero attached hydrogens (tertiary/aromatic N) is 2. The number of sulfonamides is 1. The molecule has 1 N–H and O–H groups in total. The Morgan fingerprint density at radius 1 is 1.13 bits per heavy atom. The van der Waals surface area contributed by atoms with Crippen molar-refractivity contribution in [2.75, 3.05) is 17.1 Å². The Labute approximate surface area is 187 Å². The van der Waals surface area contributed by atoms with Crippen LogP contribution in [0.25, 0.3) is 0 Å². The Kier molecular flexibility index (Phi) is 7.91. The van der Waals surface area contributed by atoms with Gasteiger partial charge in [0.2, 0.25) is 10.0 Å². The monoisotopic (exact) mass is 469 g/mol. The molecule has 0 radical (unpaired) electrons. The molecule has 2 rings (SSSR count). The number of nitrogens with one attached hydrogen (secondary N) is 1.